The molecule has 0 heterocycles. The van der Waals surface area contributed by atoms with Crippen molar-refractivity contribution in [3.63, 3.8) is 0 Å². The Balaban J connectivity index is 0.00000291. The SMILES string of the molecule is CCCCCCCCP(CCCCCCCC)c1ccc[c-]1P(CCCCCCCC)CCCCCCCC.[Co].[cH-]1[cH-][cH-][cH-][cH-]1. The van der Waals surface area contributed by atoms with Crippen molar-refractivity contribution in [2.45, 2.75) is 182 Å². The van der Waals surface area contributed by atoms with Crippen molar-refractivity contribution < 1.29 is 16.8 Å². The first-order valence-corrected chi connectivity index (χ1v) is 23.1. The molecular formula is C42H76CoP2-6. The molecule has 269 valence electrons. The van der Waals surface area contributed by atoms with Crippen molar-refractivity contribution in [1.29, 1.82) is 0 Å². The Kier molecular flexibility index (Phi) is 35.4. The topological polar surface area (TPSA) is 0 Å². The molecule has 0 saturated heterocycles. The summed E-state index contributed by atoms with van der Waals surface area (Å²) in [5.41, 5.74) is 0. The standard InChI is InChI=1S/C37H71P2.C5H5.Co/c1-5-9-13-17-21-25-32-38(33-26-22-18-14-10-6-2)36-30-29-31-37(36)39(34-27-23-19-15-11-7-3)35-28-24-20-16-12-8-4;1-2-4-5-3-1;/h29-31H,5-28,32-35H2,1-4H3;1-5H;/q-1;-5;. The third kappa shape index (κ3) is 25.7. The van der Waals surface area contributed by atoms with Crippen LogP contribution in [0.15, 0.2) is 48.5 Å². The van der Waals surface area contributed by atoms with Gasteiger partial charge in [-0.05, 0) is 50.3 Å². The van der Waals surface area contributed by atoms with E-state index in [9.17, 15) is 0 Å². The molecule has 0 spiro atoms. The minimum atomic E-state index is 0. The van der Waals surface area contributed by atoms with Crippen LogP contribution in [0.5, 0.6) is 0 Å². The molecule has 0 aliphatic rings. The van der Waals surface area contributed by atoms with Gasteiger partial charge in [-0.15, -0.1) is 26.5 Å². The molecule has 45 heavy (non-hydrogen) atoms. The van der Waals surface area contributed by atoms with E-state index in [0.29, 0.717) is 0 Å². The van der Waals surface area contributed by atoms with Gasteiger partial charge in [0.2, 0.25) is 0 Å². The second-order valence-electron chi connectivity index (χ2n) is 13.3. The molecule has 0 nitrogen and oxygen atoms in total. The molecule has 0 aliphatic carbocycles. The van der Waals surface area contributed by atoms with Gasteiger partial charge in [-0.3, -0.25) is 0 Å². The Morgan fingerprint density at radius 1 is 0.444 bits per heavy atom. The van der Waals surface area contributed by atoms with E-state index >= 15 is 0 Å². The molecule has 0 amide bonds. The molecule has 0 unspecified atom stereocenters. The minimum Gasteiger partial charge on any atom is -0.748 e. The molecule has 2 aromatic carbocycles. The summed E-state index contributed by atoms with van der Waals surface area (Å²) in [6.07, 6.45) is 40.6. The monoisotopic (exact) mass is 701 g/mol. The quantitative estimate of drug-likeness (QED) is 0.0432. The summed E-state index contributed by atoms with van der Waals surface area (Å²) in [6.45, 7) is 9.35. The third-order valence-electron chi connectivity index (χ3n) is 9.13. The summed E-state index contributed by atoms with van der Waals surface area (Å²) >= 11 is 0. The molecule has 3 heteroatoms. The number of hydrogen-bond donors (Lipinski definition) is 0. The average Bonchev–Trinajstić information content (AvgIpc) is 3.78. The maximum atomic E-state index is 2.60. The molecule has 0 atom stereocenters. The van der Waals surface area contributed by atoms with E-state index in [-0.39, 0.29) is 32.6 Å². The molecule has 0 aliphatic heterocycles. The van der Waals surface area contributed by atoms with Gasteiger partial charge in [0.25, 0.3) is 0 Å². The van der Waals surface area contributed by atoms with Crippen molar-refractivity contribution in [3.05, 3.63) is 48.5 Å². The fraction of sp³-hybridized carbons (Fsp3) is 0.762. The second-order valence-corrected chi connectivity index (χ2v) is 18.2. The molecule has 0 fully saturated rings. The van der Waals surface area contributed by atoms with E-state index in [0.717, 1.165) is 0 Å². The normalized spacial score (nSPS) is 11.2. The number of hydrogen-bond acceptors (Lipinski definition) is 0. The molecule has 0 saturated carbocycles. The van der Waals surface area contributed by atoms with Crippen molar-refractivity contribution in [3.8, 4) is 0 Å². The van der Waals surface area contributed by atoms with Crippen LogP contribution in [0.1, 0.15) is 182 Å². The Labute approximate surface area is 296 Å². The Morgan fingerprint density at radius 2 is 0.756 bits per heavy atom. The molecule has 0 bridgehead atoms. The second kappa shape index (κ2) is 35.4. The zero-order valence-corrected chi connectivity index (χ0v) is 33.5. The summed E-state index contributed by atoms with van der Waals surface area (Å²) in [4.78, 5) is 0. The van der Waals surface area contributed by atoms with Gasteiger partial charge >= 0.3 is 0 Å². The van der Waals surface area contributed by atoms with E-state index < -0.39 is 0 Å². The van der Waals surface area contributed by atoms with E-state index in [2.05, 4.69) is 45.9 Å². The molecule has 0 N–H and O–H groups in total. The van der Waals surface area contributed by atoms with Gasteiger partial charge in [0.05, 0.1) is 0 Å². The fourth-order valence-electron chi connectivity index (χ4n) is 6.29. The number of unbranched alkanes of at least 4 members (excludes halogenated alkanes) is 20. The zero-order chi connectivity index (χ0) is 31.8. The average molecular weight is 702 g/mol. The van der Waals surface area contributed by atoms with Crippen molar-refractivity contribution in [1.82, 2.24) is 0 Å². The Morgan fingerprint density at radius 3 is 1.11 bits per heavy atom. The van der Waals surface area contributed by atoms with Crippen molar-refractivity contribution in [2.75, 3.05) is 24.6 Å². The van der Waals surface area contributed by atoms with Crippen LogP contribution in [0.4, 0.5) is 0 Å². The fourth-order valence-corrected chi connectivity index (χ4v) is 12.4. The van der Waals surface area contributed by atoms with Crippen LogP contribution in [0.25, 0.3) is 0 Å². The van der Waals surface area contributed by atoms with Crippen LogP contribution in [-0.2, 0) is 16.8 Å². The van der Waals surface area contributed by atoms with Crippen LogP contribution in [0.3, 0.4) is 0 Å². The van der Waals surface area contributed by atoms with Crippen molar-refractivity contribution >= 4 is 26.5 Å². The molecule has 0 aromatic heterocycles. The first-order valence-electron chi connectivity index (χ1n) is 19.7. The smallest absolute Gasteiger partial charge is 0 e. The van der Waals surface area contributed by atoms with E-state index in [4.69, 9.17) is 0 Å². The maximum absolute atomic E-state index is 2.60. The Bertz CT molecular complexity index is 683. The third-order valence-corrected chi connectivity index (χ3v) is 14.9. The first kappa shape index (κ1) is 45.1. The van der Waals surface area contributed by atoms with E-state index in [1.165, 1.54) is 179 Å². The summed E-state index contributed by atoms with van der Waals surface area (Å²) in [6, 6.07) is 17.7. The van der Waals surface area contributed by atoms with Gasteiger partial charge in [0.15, 0.2) is 0 Å². The minimum absolute atomic E-state index is 0. The van der Waals surface area contributed by atoms with Crippen LogP contribution < -0.4 is 10.6 Å². The summed E-state index contributed by atoms with van der Waals surface area (Å²) < 4.78 is 0. The van der Waals surface area contributed by atoms with Gasteiger partial charge in [-0.25, -0.2) is 12.1 Å². The largest absolute Gasteiger partial charge is 0.748 e. The van der Waals surface area contributed by atoms with E-state index in [1.54, 1.807) is 0 Å². The molecular weight excluding hydrogens is 625 g/mol. The Hall–Kier alpha value is 0.0665. The predicted molar refractivity (Wildman–Crippen MR) is 210 cm³/mol. The molecule has 2 rings (SSSR count). The van der Waals surface area contributed by atoms with Gasteiger partial charge in [-0.1, -0.05) is 156 Å². The molecule has 1 radical (unpaired) electrons. The summed E-state index contributed by atoms with van der Waals surface area (Å²) in [7, 11) is 0.0839. The van der Waals surface area contributed by atoms with Gasteiger partial charge in [-0.2, -0.15) is 6.07 Å². The van der Waals surface area contributed by atoms with Gasteiger partial charge < -0.3 is 30.3 Å². The molecule has 2 aromatic rings. The van der Waals surface area contributed by atoms with Crippen LogP contribution in [0, 0.1) is 0 Å². The van der Waals surface area contributed by atoms with Crippen LogP contribution in [0.2, 0.25) is 0 Å². The first-order chi connectivity index (χ1) is 21.8. The summed E-state index contributed by atoms with van der Waals surface area (Å²) in [5, 5.41) is 3.74. The van der Waals surface area contributed by atoms with Gasteiger partial charge in [0.1, 0.15) is 0 Å². The predicted octanol–water partition coefficient (Wildman–Crippen LogP) is 14.5. The zero-order valence-electron chi connectivity index (χ0n) is 30.6. The summed E-state index contributed by atoms with van der Waals surface area (Å²) in [5.74, 6) is 0. The van der Waals surface area contributed by atoms with Crippen molar-refractivity contribution in [2.24, 2.45) is 0 Å². The van der Waals surface area contributed by atoms with Gasteiger partial charge in [0, 0.05) is 16.8 Å². The maximum Gasteiger partial charge on any atom is 0 e. The van der Waals surface area contributed by atoms with Crippen LogP contribution >= 0.6 is 15.8 Å². The van der Waals surface area contributed by atoms with E-state index in [1.807, 2.05) is 40.9 Å². The number of rotatable bonds is 30. The van der Waals surface area contributed by atoms with Crippen LogP contribution in [-0.4, -0.2) is 24.6 Å².